The first-order valence-electron chi connectivity index (χ1n) is 5.70. The Balaban J connectivity index is 2.69. The summed E-state index contributed by atoms with van der Waals surface area (Å²) in [5.74, 6) is -0.459. The summed E-state index contributed by atoms with van der Waals surface area (Å²) in [5.41, 5.74) is 1.63. The normalized spacial score (nSPS) is 11.9. The van der Waals surface area contributed by atoms with E-state index < -0.39 is 12.0 Å². The van der Waals surface area contributed by atoms with Crippen molar-refractivity contribution in [3.63, 3.8) is 0 Å². The summed E-state index contributed by atoms with van der Waals surface area (Å²) in [6.45, 7) is 1.72. The number of carboxylic acids is 1. The first-order valence-corrected chi connectivity index (χ1v) is 7.09. The standard InChI is InChI=1S/C13H17NO3S/c1-3-11(13(16)17)14-12(15)10-6-4-9(5-7-10)8-18-2/h4-7,11H,3,8H2,1-2H3,(H,14,15)(H,16,17). The highest BCUT2D eigenvalue weighted by molar-refractivity contribution is 7.97. The predicted molar refractivity (Wildman–Crippen MR) is 72.8 cm³/mol. The van der Waals surface area contributed by atoms with E-state index in [1.165, 1.54) is 0 Å². The van der Waals surface area contributed by atoms with Crippen LogP contribution in [0.3, 0.4) is 0 Å². The van der Waals surface area contributed by atoms with Gasteiger partial charge in [-0.3, -0.25) is 4.79 Å². The van der Waals surface area contributed by atoms with Gasteiger partial charge in [0.1, 0.15) is 6.04 Å². The number of carbonyl (C=O) groups excluding carboxylic acids is 1. The zero-order chi connectivity index (χ0) is 13.5. The number of carboxylic acid groups (broad SMARTS) is 1. The Morgan fingerprint density at radius 2 is 1.94 bits per heavy atom. The molecule has 1 rings (SSSR count). The molecule has 0 saturated heterocycles. The molecule has 0 heterocycles. The molecule has 1 amide bonds. The zero-order valence-corrected chi connectivity index (χ0v) is 11.3. The molecule has 18 heavy (non-hydrogen) atoms. The summed E-state index contributed by atoms with van der Waals surface area (Å²) >= 11 is 1.71. The summed E-state index contributed by atoms with van der Waals surface area (Å²) in [7, 11) is 0. The molecule has 1 unspecified atom stereocenters. The zero-order valence-electron chi connectivity index (χ0n) is 10.5. The highest BCUT2D eigenvalue weighted by Gasteiger charge is 2.18. The van der Waals surface area contributed by atoms with E-state index in [0.29, 0.717) is 12.0 Å². The molecule has 5 heteroatoms. The molecular weight excluding hydrogens is 250 g/mol. The molecule has 1 atom stereocenters. The lowest BCUT2D eigenvalue weighted by atomic mass is 10.1. The first kappa shape index (κ1) is 14.6. The topological polar surface area (TPSA) is 66.4 Å². The summed E-state index contributed by atoms with van der Waals surface area (Å²) in [6.07, 6.45) is 2.38. The van der Waals surface area contributed by atoms with Crippen LogP contribution in [0.4, 0.5) is 0 Å². The van der Waals surface area contributed by atoms with Gasteiger partial charge in [0.2, 0.25) is 0 Å². The number of aliphatic carboxylic acids is 1. The van der Waals surface area contributed by atoms with Crippen LogP contribution in [0.25, 0.3) is 0 Å². The second-order valence-corrected chi connectivity index (χ2v) is 4.77. The molecule has 0 bridgehead atoms. The van der Waals surface area contributed by atoms with Gasteiger partial charge in [0.05, 0.1) is 0 Å². The van der Waals surface area contributed by atoms with Crippen molar-refractivity contribution in [2.24, 2.45) is 0 Å². The molecule has 1 aromatic carbocycles. The van der Waals surface area contributed by atoms with Crippen LogP contribution < -0.4 is 5.32 Å². The van der Waals surface area contributed by atoms with E-state index in [9.17, 15) is 9.59 Å². The summed E-state index contributed by atoms with van der Waals surface area (Å²) < 4.78 is 0. The minimum absolute atomic E-state index is 0.347. The van der Waals surface area contributed by atoms with Crippen LogP contribution in [0.2, 0.25) is 0 Å². The smallest absolute Gasteiger partial charge is 0.326 e. The van der Waals surface area contributed by atoms with E-state index in [1.54, 1.807) is 30.8 Å². The Hall–Kier alpha value is -1.49. The fraction of sp³-hybridized carbons (Fsp3) is 0.385. The van der Waals surface area contributed by atoms with E-state index >= 15 is 0 Å². The molecule has 0 aliphatic rings. The van der Waals surface area contributed by atoms with Crippen LogP contribution in [-0.4, -0.2) is 29.3 Å². The van der Waals surface area contributed by atoms with Gasteiger partial charge in [-0.15, -0.1) is 0 Å². The van der Waals surface area contributed by atoms with Gasteiger partial charge in [0.15, 0.2) is 0 Å². The summed E-state index contributed by atoms with van der Waals surface area (Å²) in [5, 5.41) is 11.4. The van der Waals surface area contributed by atoms with E-state index in [-0.39, 0.29) is 5.91 Å². The van der Waals surface area contributed by atoms with Crippen molar-refractivity contribution in [1.29, 1.82) is 0 Å². The van der Waals surface area contributed by atoms with Crippen molar-refractivity contribution in [3.05, 3.63) is 35.4 Å². The van der Waals surface area contributed by atoms with Gasteiger partial charge < -0.3 is 10.4 Å². The Labute approximate surface area is 111 Å². The van der Waals surface area contributed by atoms with Crippen LogP contribution in [-0.2, 0) is 10.5 Å². The number of nitrogens with one attached hydrogen (secondary N) is 1. The van der Waals surface area contributed by atoms with E-state index in [2.05, 4.69) is 5.32 Å². The summed E-state index contributed by atoms with van der Waals surface area (Å²) in [4.78, 5) is 22.6. The van der Waals surface area contributed by atoms with Gasteiger partial charge in [-0.2, -0.15) is 11.8 Å². The van der Waals surface area contributed by atoms with E-state index in [0.717, 1.165) is 11.3 Å². The Morgan fingerprint density at radius 1 is 1.33 bits per heavy atom. The average Bonchev–Trinajstić information content (AvgIpc) is 2.36. The lowest BCUT2D eigenvalue weighted by Crippen LogP contribution is -2.40. The number of hydrogen-bond donors (Lipinski definition) is 2. The third-order valence-electron chi connectivity index (χ3n) is 2.54. The number of thioether (sulfide) groups is 1. The number of benzene rings is 1. The second kappa shape index (κ2) is 7.06. The molecule has 0 radical (unpaired) electrons. The van der Waals surface area contributed by atoms with Crippen molar-refractivity contribution < 1.29 is 14.7 Å². The van der Waals surface area contributed by atoms with Gasteiger partial charge in [0, 0.05) is 11.3 Å². The van der Waals surface area contributed by atoms with Crippen molar-refractivity contribution in [2.75, 3.05) is 6.26 Å². The predicted octanol–water partition coefficient (Wildman–Crippen LogP) is 2.14. The molecule has 98 valence electrons. The average molecular weight is 267 g/mol. The fourth-order valence-electron chi connectivity index (χ4n) is 1.50. The number of amides is 1. The maximum absolute atomic E-state index is 11.8. The van der Waals surface area contributed by atoms with Gasteiger partial charge in [-0.1, -0.05) is 19.1 Å². The maximum Gasteiger partial charge on any atom is 0.326 e. The summed E-state index contributed by atoms with van der Waals surface area (Å²) in [6, 6.07) is 6.37. The number of rotatable bonds is 6. The van der Waals surface area contributed by atoms with Crippen LogP contribution in [0.15, 0.2) is 24.3 Å². The number of carbonyl (C=O) groups is 2. The van der Waals surface area contributed by atoms with Gasteiger partial charge >= 0.3 is 5.97 Å². The highest BCUT2D eigenvalue weighted by Crippen LogP contribution is 2.10. The second-order valence-electron chi connectivity index (χ2n) is 3.90. The molecule has 1 aromatic rings. The molecular formula is C13H17NO3S. The molecule has 2 N–H and O–H groups in total. The Bertz CT molecular complexity index is 417. The fourth-order valence-corrected chi connectivity index (χ4v) is 2.02. The number of hydrogen-bond acceptors (Lipinski definition) is 3. The quantitative estimate of drug-likeness (QED) is 0.828. The third-order valence-corrected chi connectivity index (χ3v) is 3.16. The monoisotopic (exact) mass is 267 g/mol. The van der Waals surface area contributed by atoms with Gasteiger partial charge in [0.25, 0.3) is 5.91 Å². The Kier molecular flexibility index (Phi) is 5.71. The van der Waals surface area contributed by atoms with Crippen molar-refractivity contribution >= 4 is 23.6 Å². The molecule has 0 aliphatic carbocycles. The molecule has 4 nitrogen and oxygen atoms in total. The van der Waals surface area contributed by atoms with Gasteiger partial charge in [-0.05, 0) is 30.4 Å². The minimum atomic E-state index is -1.01. The minimum Gasteiger partial charge on any atom is -0.480 e. The first-order chi connectivity index (χ1) is 8.58. The Morgan fingerprint density at radius 3 is 2.39 bits per heavy atom. The molecule has 0 spiro atoms. The SMILES string of the molecule is CCC(NC(=O)c1ccc(CSC)cc1)C(=O)O. The van der Waals surface area contributed by atoms with Gasteiger partial charge in [-0.25, -0.2) is 4.79 Å². The third kappa shape index (κ3) is 4.07. The molecule has 0 aliphatic heterocycles. The van der Waals surface area contributed by atoms with Crippen molar-refractivity contribution in [2.45, 2.75) is 25.1 Å². The largest absolute Gasteiger partial charge is 0.480 e. The lowest BCUT2D eigenvalue weighted by Gasteiger charge is -2.12. The molecule has 0 saturated carbocycles. The van der Waals surface area contributed by atoms with Crippen molar-refractivity contribution in [1.82, 2.24) is 5.32 Å². The molecule has 0 aromatic heterocycles. The van der Waals surface area contributed by atoms with Crippen LogP contribution >= 0.6 is 11.8 Å². The van der Waals surface area contributed by atoms with E-state index in [1.807, 2.05) is 18.4 Å². The molecule has 0 fully saturated rings. The maximum atomic E-state index is 11.8. The van der Waals surface area contributed by atoms with Crippen LogP contribution in [0.1, 0.15) is 29.3 Å². The van der Waals surface area contributed by atoms with E-state index in [4.69, 9.17) is 5.11 Å². The highest BCUT2D eigenvalue weighted by atomic mass is 32.2. The van der Waals surface area contributed by atoms with Crippen LogP contribution in [0, 0.1) is 0 Å². The van der Waals surface area contributed by atoms with Crippen LogP contribution in [0.5, 0.6) is 0 Å². The lowest BCUT2D eigenvalue weighted by molar-refractivity contribution is -0.139. The van der Waals surface area contributed by atoms with Crippen molar-refractivity contribution in [3.8, 4) is 0 Å².